The summed E-state index contributed by atoms with van der Waals surface area (Å²) >= 11 is 0. The second kappa shape index (κ2) is 13.9. The quantitative estimate of drug-likeness (QED) is 0.142. The van der Waals surface area contributed by atoms with Crippen molar-refractivity contribution in [2.45, 2.75) is 26.2 Å². The van der Waals surface area contributed by atoms with Gasteiger partial charge in [0.05, 0.1) is 0 Å². The highest BCUT2D eigenvalue weighted by molar-refractivity contribution is 6.07. The van der Waals surface area contributed by atoms with E-state index in [4.69, 9.17) is 0 Å². The molecule has 0 aromatic heterocycles. The van der Waals surface area contributed by atoms with Crippen molar-refractivity contribution in [3.63, 3.8) is 0 Å². The van der Waals surface area contributed by atoms with Gasteiger partial charge in [-0.1, -0.05) is 172 Å². The molecule has 0 spiro atoms. The van der Waals surface area contributed by atoms with Crippen LogP contribution in [-0.4, -0.2) is 0 Å². The van der Waals surface area contributed by atoms with E-state index in [0.717, 1.165) is 17.1 Å². The van der Waals surface area contributed by atoms with Crippen molar-refractivity contribution in [1.82, 2.24) is 0 Å². The van der Waals surface area contributed by atoms with Gasteiger partial charge in [0.1, 0.15) is 0 Å². The summed E-state index contributed by atoms with van der Waals surface area (Å²) < 4.78 is 0. The summed E-state index contributed by atoms with van der Waals surface area (Å²) in [6, 6.07) is 62.0. The lowest BCUT2D eigenvalue weighted by molar-refractivity contribution is 0.660. The minimum Gasteiger partial charge on any atom is -0.310 e. The number of benzene rings is 7. The van der Waals surface area contributed by atoms with Crippen LogP contribution < -0.4 is 4.90 Å². The lowest BCUT2D eigenvalue weighted by Crippen LogP contribution is -2.16. The van der Waals surface area contributed by atoms with Crippen LogP contribution in [0, 0.1) is 0 Å². The van der Waals surface area contributed by atoms with E-state index < -0.39 is 0 Å². The Bertz CT molecular complexity index is 2670. The fourth-order valence-electron chi connectivity index (χ4n) is 8.55. The van der Waals surface area contributed by atoms with Crippen molar-refractivity contribution in [3.05, 3.63) is 228 Å². The molecule has 0 aliphatic heterocycles. The van der Waals surface area contributed by atoms with Crippen molar-refractivity contribution in [3.8, 4) is 33.4 Å². The summed E-state index contributed by atoms with van der Waals surface area (Å²) in [4.78, 5) is 2.40. The molecular weight excluding hydrogens is 663 g/mol. The average Bonchev–Trinajstić information content (AvgIpc) is 3.63. The lowest BCUT2D eigenvalue weighted by Gasteiger charge is -2.28. The van der Waals surface area contributed by atoms with E-state index in [0.29, 0.717) is 0 Å². The van der Waals surface area contributed by atoms with Gasteiger partial charge in [-0.25, -0.2) is 0 Å². The first-order valence-corrected chi connectivity index (χ1v) is 19.1. The van der Waals surface area contributed by atoms with E-state index in [1.165, 1.54) is 77.9 Å². The number of hydrogen-bond acceptors (Lipinski definition) is 1. The molecule has 1 heteroatoms. The fourth-order valence-corrected chi connectivity index (χ4v) is 8.55. The minimum atomic E-state index is -0.0958. The Morgan fingerprint density at radius 2 is 1.07 bits per heavy atom. The molecule has 0 saturated carbocycles. The molecule has 9 rings (SSSR count). The smallest absolute Gasteiger partial charge is 0.0467 e. The molecular formula is C54H43N. The Kier molecular flexibility index (Phi) is 8.64. The zero-order chi connectivity index (χ0) is 37.5. The van der Waals surface area contributed by atoms with Crippen LogP contribution >= 0.6 is 0 Å². The monoisotopic (exact) mass is 705 g/mol. The number of rotatable bonds is 8. The molecule has 2 aliphatic carbocycles. The first-order chi connectivity index (χ1) is 26.9. The normalized spacial score (nSPS) is 14.6. The Balaban J connectivity index is 1.10. The first-order valence-electron chi connectivity index (χ1n) is 19.1. The third-order valence-electron chi connectivity index (χ3n) is 11.4. The lowest BCUT2D eigenvalue weighted by atomic mass is 9.82. The van der Waals surface area contributed by atoms with Crippen LogP contribution in [0.1, 0.15) is 48.6 Å². The Morgan fingerprint density at radius 3 is 1.84 bits per heavy atom. The summed E-state index contributed by atoms with van der Waals surface area (Å²) in [6.07, 6.45) is 8.36. The van der Waals surface area contributed by atoms with Crippen molar-refractivity contribution in [1.29, 1.82) is 0 Å². The van der Waals surface area contributed by atoms with Crippen LogP contribution in [0.15, 0.2) is 200 Å². The van der Waals surface area contributed by atoms with Crippen LogP contribution in [0.5, 0.6) is 0 Å². The molecule has 0 saturated heterocycles. The highest BCUT2D eigenvalue weighted by Crippen LogP contribution is 2.51. The largest absolute Gasteiger partial charge is 0.310 e. The topological polar surface area (TPSA) is 3.24 Å². The summed E-state index contributed by atoms with van der Waals surface area (Å²) in [6.45, 7) is 10.8. The predicted molar refractivity (Wildman–Crippen MR) is 236 cm³/mol. The van der Waals surface area contributed by atoms with Crippen LogP contribution in [-0.2, 0) is 5.41 Å². The van der Waals surface area contributed by atoms with Gasteiger partial charge in [-0.05, 0) is 127 Å². The van der Waals surface area contributed by atoms with Crippen molar-refractivity contribution < 1.29 is 0 Å². The molecule has 0 fully saturated rings. The zero-order valence-corrected chi connectivity index (χ0v) is 31.6. The molecule has 55 heavy (non-hydrogen) atoms. The molecule has 2 aliphatic rings. The minimum absolute atomic E-state index is 0.0958. The second-order valence-electron chi connectivity index (χ2n) is 15.1. The van der Waals surface area contributed by atoms with Crippen LogP contribution in [0.2, 0.25) is 0 Å². The Hall–Kier alpha value is -6.70. The van der Waals surface area contributed by atoms with E-state index in [1.54, 1.807) is 0 Å². The Labute approximate surface area is 325 Å². The van der Waals surface area contributed by atoms with Crippen molar-refractivity contribution in [2.75, 3.05) is 4.90 Å². The molecule has 0 amide bonds. The van der Waals surface area contributed by atoms with Gasteiger partial charge < -0.3 is 4.90 Å². The van der Waals surface area contributed by atoms with Crippen LogP contribution in [0.4, 0.5) is 17.1 Å². The summed E-state index contributed by atoms with van der Waals surface area (Å²) in [5.41, 5.74) is 21.0. The van der Waals surface area contributed by atoms with E-state index >= 15 is 0 Å². The third-order valence-corrected chi connectivity index (χ3v) is 11.4. The average molecular weight is 706 g/mol. The zero-order valence-electron chi connectivity index (χ0n) is 31.6. The molecule has 1 nitrogen and oxygen atoms in total. The van der Waals surface area contributed by atoms with Gasteiger partial charge >= 0.3 is 0 Å². The maximum absolute atomic E-state index is 3.90. The van der Waals surface area contributed by atoms with Gasteiger partial charge in [-0.2, -0.15) is 0 Å². The molecule has 0 N–H and O–H groups in total. The van der Waals surface area contributed by atoms with Crippen molar-refractivity contribution in [2.24, 2.45) is 0 Å². The van der Waals surface area contributed by atoms with Gasteiger partial charge in [0, 0.05) is 22.5 Å². The number of hydrogen-bond donors (Lipinski definition) is 0. The molecule has 0 unspecified atom stereocenters. The summed E-state index contributed by atoms with van der Waals surface area (Å²) in [5, 5.41) is 0. The second-order valence-corrected chi connectivity index (χ2v) is 15.1. The number of nitrogens with zero attached hydrogens (tertiary/aromatic N) is 1. The van der Waals surface area contributed by atoms with E-state index in [9.17, 15) is 0 Å². The van der Waals surface area contributed by atoms with Gasteiger partial charge in [0.15, 0.2) is 0 Å². The van der Waals surface area contributed by atoms with Crippen LogP contribution in [0.3, 0.4) is 0 Å². The number of fused-ring (bicyclic) bond motifs is 4. The predicted octanol–water partition coefficient (Wildman–Crippen LogP) is 14.9. The summed E-state index contributed by atoms with van der Waals surface area (Å²) in [7, 11) is 0. The van der Waals surface area contributed by atoms with E-state index in [-0.39, 0.29) is 5.41 Å². The molecule has 0 bridgehead atoms. The maximum atomic E-state index is 3.90. The maximum Gasteiger partial charge on any atom is 0.0467 e. The standard InChI is InChI=1S/C54H43N/c1-5-6-19-47-37(2)46-20-10-11-21-48(46)51(47)34-38-24-26-41(27-25-38)42-17-14-18-44(35-42)55(43-30-28-40(29-31-43)39-15-8-7-9-16-39)45-32-33-50-49-22-12-13-23-52(49)54(3,4)53(50)36-45/h5-36H,1H2,2-4H3/b19-6-,51-34-. The summed E-state index contributed by atoms with van der Waals surface area (Å²) in [5.74, 6) is 0. The van der Waals surface area contributed by atoms with Gasteiger partial charge in [0.25, 0.3) is 0 Å². The number of allylic oxidation sites excluding steroid dienone is 6. The van der Waals surface area contributed by atoms with Crippen molar-refractivity contribution >= 4 is 34.3 Å². The molecule has 264 valence electrons. The number of anilines is 3. The Morgan fingerprint density at radius 1 is 0.491 bits per heavy atom. The SMILES string of the molecule is C=C/C=C\C1=C(C)c2ccccc2/C1=C\c1ccc(-c2cccc(N(c3ccc(-c4ccccc4)cc3)c3ccc4c(c3)C(C)(C)c3ccccc3-4)c2)cc1. The highest BCUT2D eigenvalue weighted by Gasteiger charge is 2.35. The van der Waals surface area contributed by atoms with E-state index in [1.807, 2.05) is 12.2 Å². The molecule has 0 atom stereocenters. The third kappa shape index (κ3) is 6.08. The molecule has 7 aromatic rings. The molecule has 0 radical (unpaired) electrons. The van der Waals surface area contributed by atoms with Gasteiger partial charge in [0.2, 0.25) is 0 Å². The van der Waals surface area contributed by atoms with Crippen LogP contribution in [0.25, 0.3) is 50.6 Å². The fraction of sp³-hybridized carbons (Fsp3) is 0.0741. The molecule has 0 heterocycles. The first kappa shape index (κ1) is 34.1. The van der Waals surface area contributed by atoms with Gasteiger partial charge in [-0.3, -0.25) is 0 Å². The van der Waals surface area contributed by atoms with E-state index in [2.05, 4.69) is 214 Å². The highest BCUT2D eigenvalue weighted by atomic mass is 15.1. The molecule has 7 aromatic carbocycles. The van der Waals surface area contributed by atoms with Gasteiger partial charge in [-0.15, -0.1) is 0 Å².